The van der Waals surface area contributed by atoms with Crippen molar-refractivity contribution in [3.8, 4) is 0 Å². The Balaban J connectivity index is 2.07. The Hall–Kier alpha value is -1.20. The second-order valence-corrected chi connectivity index (χ2v) is 6.97. The molecule has 0 saturated heterocycles. The van der Waals surface area contributed by atoms with Crippen LogP contribution in [-0.2, 0) is 5.41 Å². The van der Waals surface area contributed by atoms with Crippen LogP contribution in [0.15, 0.2) is 40.2 Å². The first-order valence-electron chi connectivity index (χ1n) is 6.17. The van der Waals surface area contributed by atoms with Crippen LogP contribution in [0.4, 0.5) is 4.39 Å². The highest BCUT2D eigenvalue weighted by Crippen LogP contribution is 2.27. The van der Waals surface area contributed by atoms with E-state index in [9.17, 15) is 9.18 Å². The average Bonchev–Trinajstić information content (AvgIpc) is 2.93. The summed E-state index contributed by atoms with van der Waals surface area (Å²) < 4.78 is 13.8. The molecule has 1 aromatic heterocycles. The van der Waals surface area contributed by atoms with Crippen LogP contribution in [0.25, 0.3) is 0 Å². The molecule has 1 amide bonds. The number of carbonyl (C=O) groups excluding carboxylic acids is 1. The first-order valence-corrected chi connectivity index (χ1v) is 7.85. The summed E-state index contributed by atoms with van der Waals surface area (Å²) in [6.45, 7) is 4.63. The van der Waals surface area contributed by atoms with E-state index >= 15 is 0 Å². The summed E-state index contributed by atoms with van der Waals surface area (Å²) in [7, 11) is 0. The highest BCUT2D eigenvalue weighted by Gasteiger charge is 2.23. The number of halogens is 2. The lowest BCUT2D eigenvalue weighted by atomic mass is 9.91. The minimum atomic E-state index is -0.420. The Labute approximate surface area is 130 Å². The summed E-state index contributed by atoms with van der Waals surface area (Å²) in [5, 5.41) is 4.88. The quantitative estimate of drug-likeness (QED) is 0.867. The molecule has 0 aliphatic rings. The third kappa shape index (κ3) is 3.46. The first kappa shape index (κ1) is 15.2. The largest absolute Gasteiger partial charge is 0.351 e. The van der Waals surface area contributed by atoms with Gasteiger partial charge in [-0.05, 0) is 45.6 Å². The summed E-state index contributed by atoms with van der Waals surface area (Å²) in [5.41, 5.74) is 0.163. The third-order valence-electron chi connectivity index (χ3n) is 3.05. The van der Waals surface area contributed by atoms with Crippen LogP contribution in [0.3, 0.4) is 0 Å². The van der Waals surface area contributed by atoms with Gasteiger partial charge in [0.25, 0.3) is 5.91 Å². The maximum absolute atomic E-state index is 13.2. The minimum Gasteiger partial charge on any atom is -0.351 e. The van der Waals surface area contributed by atoms with E-state index in [4.69, 9.17) is 0 Å². The van der Waals surface area contributed by atoms with Crippen molar-refractivity contribution in [1.82, 2.24) is 5.32 Å². The van der Waals surface area contributed by atoms with E-state index in [-0.39, 0.29) is 11.3 Å². The molecule has 2 aromatic rings. The number of benzene rings is 1. The lowest BCUT2D eigenvalue weighted by Gasteiger charge is -2.23. The summed E-state index contributed by atoms with van der Waals surface area (Å²) in [5.74, 6) is -0.697. The number of thiophene rings is 1. The molecule has 0 atom stereocenters. The number of nitrogens with one attached hydrogen (secondary N) is 1. The van der Waals surface area contributed by atoms with E-state index in [0.717, 1.165) is 0 Å². The van der Waals surface area contributed by atoms with E-state index in [1.165, 1.54) is 23.1 Å². The van der Waals surface area contributed by atoms with Gasteiger partial charge in [0.05, 0.1) is 5.56 Å². The molecule has 0 unspecified atom stereocenters. The van der Waals surface area contributed by atoms with Crippen LogP contribution in [0.5, 0.6) is 0 Å². The summed E-state index contributed by atoms with van der Waals surface area (Å²) in [6, 6.07) is 8.13. The molecule has 2 nitrogen and oxygen atoms in total. The van der Waals surface area contributed by atoms with E-state index in [2.05, 4.69) is 41.2 Å². The van der Waals surface area contributed by atoms with Crippen LogP contribution in [0, 0.1) is 5.82 Å². The van der Waals surface area contributed by atoms with Crippen molar-refractivity contribution in [2.45, 2.75) is 19.3 Å². The highest BCUT2D eigenvalue weighted by atomic mass is 79.9. The van der Waals surface area contributed by atoms with Gasteiger partial charge in [0.2, 0.25) is 0 Å². The van der Waals surface area contributed by atoms with Crippen LogP contribution >= 0.6 is 27.3 Å². The fourth-order valence-electron chi connectivity index (χ4n) is 1.82. The number of amides is 1. The topological polar surface area (TPSA) is 29.1 Å². The molecule has 5 heteroatoms. The Bertz CT molecular complexity index is 610. The van der Waals surface area contributed by atoms with Gasteiger partial charge in [-0.3, -0.25) is 4.79 Å². The first-order chi connectivity index (χ1) is 9.40. The molecule has 1 heterocycles. The maximum Gasteiger partial charge on any atom is 0.252 e. The van der Waals surface area contributed by atoms with E-state index in [1.54, 1.807) is 11.3 Å². The normalized spacial score (nSPS) is 11.4. The number of rotatable bonds is 4. The zero-order chi connectivity index (χ0) is 14.8. The fourth-order valence-corrected chi connectivity index (χ4v) is 3.10. The molecule has 0 aliphatic heterocycles. The molecule has 0 radical (unpaired) electrons. The summed E-state index contributed by atoms with van der Waals surface area (Å²) in [6.07, 6.45) is 0. The minimum absolute atomic E-state index is 0.149. The Morgan fingerprint density at radius 3 is 2.80 bits per heavy atom. The Morgan fingerprint density at radius 2 is 2.15 bits per heavy atom. The Kier molecular flexibility index (Phi) is 4.60. The standard InChI is InChI=1S/C15H15BrFNOS/c1-15(2,13-4-3-7-20-13)9-18-14(19)11-8-10(17)5-6-12(11)16/h3-8H,9H2,1-2H3,(H,18,19). The van der Waals surface area contributed by atoms with Gasteiger partial charge >= 0.3 is 0 Å². The summed E-state index contributed by atoms with van der Waals surface area (Å²) in [4.78, 5) is 13.3. The van der Waals surface area contributed by atoms with Crippen molar-refractivity contribution < 1.29 is 9.18 Å². The lowest BCUT2D eigenvalue weighted by molar-refractivity contribution is 0.0944. The third-order valence-corrected chi connectivity index (χ3v) is 4.98. The van der Waals surface area contributed by atoms with Gasteiger partial charge in [0, 0.05) is 21.3 Å². The van der Waals surface area contributed by atoms with E-state index in [1.807, 2.05) is 11.4 Å². The molecule has 1 N–H and O–H groups in total. The molecule has 2 rings (SSSR count). The van der Waals surface area contributed by atoms with E-state index < -0.39 is 5.82 Å². The zero-order valence-corrected chi connectivity index (χ0v) is 13.6. The van der Waals surface area contributed by atoms with Gasteiger partial charge in [-0.2, -0.15) is 0 Å². The van der Waals surface area contributed by atoms with Gasteiger partial charge in [0.15, 0.2) is 0 Å². The van der Waals surface area contributed by atoms with Crippen LogP contribution in [-0.4, -0.2) is 12.5 Å². The number of hydrogen-bond donors (Lipinski definition) is 1. The zero-order valence-electron chi connectivity index (χ0n) is 11.2. The predicted octanol–water partition coefficient (Wildman–Crippen LogP) is 4.36. The van der Waals surface area contributed by atoms with Crippen molar-refractivity contribution in [2.24, 2.45) is 0 Å². The molecule has 0 aliphatic carbocycles. The molecule has 1 aromatic carbocycles. The van der Waals surface area contributed by atoms with Gasteiger partial charge < -0.3 is 5.32 Å². The molecular weight excluding hydrogens is 341 g/mol. The van der Waals surface area contributed by atoms with Gasteiger partial charge in [0.1, 0.15) is 5.82 Å². The average molecular weight is 356 g/mol. The molecule has 0 saturated carbocycles. The summed E-state index contributed by atoms with van der Waals surface area (Å²) >= 11 is 4.93. The SMILES string of the molecule is CC(C)(CNC(=O)c1cc(F)ccc1Br)c1cccs1. The lowest BCUT2D eigenvalue weighted by Crippen LogP contribution is -2.36. The molecular formula is C15H15BrFNOS. The van der Waals surface area contributed by atoms with Crippen molar-refractivity contribution >= 4 is 33.2 Å². The van der Waals surface area contributed by atoms with Crippen LogP contribution in [0.1, 0.15) is 29.1 Å². The fraction of sp³-hybridized carbons (Fsp3) is 0.267. The molecule has 20 heavy (non-hydrogen) atoms. The highest BCUT2D eigenvalue weighted by molar-refractivity contribution is 9.10. The van der Waals surface area contributed by atoms with Gasteiger partial charge in [-0.1, -0.05) is 19.9 Å². The second kappa shape index (κ2) is 6.06. The smallest absolute Gasteiger partial charge is 0.252 e. The van der Waals surface area contributed by atoms with Crippen molar-refractivity contribution in [2.75, 3.05) is 6.54 Å². The van der Waals surface area contributed by atoms with Gasteiger partial charge in [-0.25, -0.2) is 4.39 Å². The molecule has 0 spiro atoms. The Morgan fingerprint density at radius 1 is 1.40 bits per heavy atom. The van der Waals surface area contributed by atoms with Crippen molar-refractivity contribution in [3.63, 3.8) is 0 Å². The van der Waals surface area contributed by atoms with E-state index in [0.29, 0.717) is 16.6 Å². The molecule has 0 bridgehead atoms. The van der Waals surface area contributed by atoms with Crippen LogP contribution < -0.4 is 5.32 Å². The number of hydrogen-bond acceptors (Lipinski definition) is 2. The van der Waals surface area contributed by atoms with Crippen molar-refractivity contribution in [1.29, 1.82) is 0 Å². The maximum atomic E-state index is 13.2. The number of carbonyl (C=O) groups is 1. The predicted molar refractivity (Wildman–Crippen MR) is 83.8 cm³/mol. The van der Waals surface area contributed by atoms with Gasteiger partial charge in [-0.15, -0.1) is 11.3 Å². The van der Waals surface area contributed by atoms with Crippen LogP contribution in [0.2, 0.25) is 0 Å². The molecule has 106 valence electrons. The monoisotopic (exact) mass is 355 g/mol. The molecule has 0 fully saturated rings. The second-order valence-electron chi connectivity index (χ2n) is 5.17. The van der Waals surface area contributed by atoms with Crippen molar-refractivity contribution in [3.05, 3.63) is 56.4 Å².